The van der Waals surface area contributed by atoms with Crippen molar-refractivity contribution in [1.29, 1.82) is 5.26 Å². The van der Waals surface area contributed by atoms with E-state index >= 15 is 0 Å². The van der Waals surface area contributed by atoms with Crippen LogP contribution in [0.1, 0.15) is 35.4 Å². The second kappa shape index (κ2) is 8.55. The van der Waals surface area contributed by atoms with Crippen molar-refractivity contribution in [3.05, 3.63) is 59.9 Å². The Morgan fingerprint density at radius 1 is 1.16 bits per heavy atom. The summed E-state index contributed by atoms with van der Waals surface area (Å²) in [6.45, 7) is 0.0728. The minimum Gasteiger partial charge on any atom is -0.505 e. The molecule has 0 bridgehead atoms. The number of fused-ring (bicyclic) bond motifs is 1. The molecule has 4 rings (SSSR count). The molecule has 1 heterocycles. The van der Waals surface area contributed by atoms with Crippen LogP contribution in [-0.2, 0) is 9.53 Å². The maximum atomic E-state index is 12.8. The normalized spacial score (nSPS) is 14.1. The van der Waals surface area contributed by atoms with Crippen molar-refractivity contribution < 1.29 is 24.2 Å². The first-order valence-electron chi connectivity index (χ1n) is 10.1. The van der Waals surface area contributed by atoms with Crippen LogP contribution in [0.3, 0.4) is 0 Å². The van der Waals surface area contributed by atoms with Crippen LogP contribution in [0.15, 0.2) is 48.5 Å². The summed E-state index contributed by atoms with van der Waals surface area (Å²) in [5.41, 5.74) is -1.04. The molecule has 8 heteroatoms. The predicted molar refractivity (Wildman–Crippen MR) is 115 cm³/mol. The van der Waals surface area contributed by atoms with E-state index in [-0.39, 0.29) is 29.7 Å². The van der Waals surface area contributed by atoms with Crippen LogP contribution in [0.5, 0.6) is 17.2 Å². The third kappa shape index (κ3) is 3.81. The van der Waals surface area contributed by atoms with Crippen LogP contribution in [-0.4, -0.2) is 35.6 Å². The molecule has 1 aliphatic rings. The molecule has 8 nitrogen and oxygen atoms in total. The Balaban J connectivity index is 1.62. The van der Waals surface area contributed by atoms with Crippen LogP contribution < -0.4 is 10.1 Å². The van der Waals surface area contributed by atoms with Crippen LogP contribution >= 0.6 is 0 Å². The summed E-state index contributed by atoms with van der Waals surface area (Å²) in [4.78, 5) is 28.9. The van der Waals surface area contributed by atoms with E-state index in [2.05, 4.69) is 10.3 Å². The van der Waals surface area contributed by atoms with Gasteiger partial charge in [-0.3, -0.25) is 9.59 Å². The number of nitriles is 1. The number of carbonyl (C=O) groups excluding carboxylic acids is 2. The number of ether oxygens (including phenoxy) is 2. The van der Waals surface area contributed by atoms with Gasteiger partial charge in [-0.05, 0) is 43.2 Å². The van der Waals surface area contributed by atoms with Gasteiger partial charge in [-0.15, -0.1) is 0 Å². The van der Waals surface area contributed by atoms with Gasteiger partial charge >= 0.3 is 5.97 Å². The molecule has 2 N–H and O–H groups in total. The molecule has 0 atom stereocenters. The monoisotopic (exact) mass is 431 g/mol. The molecule has 0 saturated heterocycles. The van der Waals surface area contributed by atoms with Gasteiger partial charge in [0.05, 0.1) is 12.5 Å². The van der Waals surface area contributed by atoms with E-state index < -0.39 is 11.3 Å². The number of amides is 1. The second-order valence-electron chi connectivity index (χ2n) is 7.70. The highest BCUT2D eigenvalue weighted by atomic mass is 16.5. The van der Waals surface area contributed by atoms with Gasteiger partial charge in [0.1, 0.15) is 23.3 Å². The van der Waals surface area contributed by atoms with Crippen LogP contribution in [0.2, 0.25) is 0 Å². The Bertz CT molecular complexity index is 1230. The van der Waals surface area contributed by atoms with Gasteiger partial charge in [-0.25, -0.2) is 4.98 Å². The van der Waals surface area contributed by atoms with Crippen molar-refractivity contribution in [3.63, 3.8) is 0 Å². The maximum absolute atomic E-state index is 12.8. The highest BCUT2D eigenvalue weighted by Crippen LogP contribution is 2.41. The first kappa shape index (κ1) is 21.1. The largest absolute Gasteiger partial charge is 0.505 e. The number of carbonyl (C=O) groups is 2. The molecule has 1 saturated carbocycles. The summed E-state index contributed by atoms with van der Waals surface area (Å²) in [7, 11) is 1.32. The average Bonchev–Trinajstić information content (AvgIpc) is 2.79. The standard InChI is InChI=1S/C24H21N3O5/c1-31-23(30)24(10-5-11-24)14-26-22(29)20-21(28)17-9-8-16(12-18(17)19(13-25)27-20)32-15-6-3-2-4-7-15/h2-4,6-9,12,28H,5,10-11,14H2,1H3,(H,26,29). The summed E-state index contributed by atoms with van der Waals surface area (Å²) >= 11 is 0. The Morgan fingerprint density at radius 2 is 1.91 bits per heavy atom. The number of aromatic nitrogens is 1. The third-order valence-electron chi connectivity index (χ3n) is 5.77. The summed E-state index contributed by atoms with van der Waals surface area (Å²) < 4.78 is 10.6. The van der Waals surface area contributed by atoms with E-state index in [1.165, 1.54) is 7.11 Å². The number of pyridine rings is 1. The first-order chi connectivity index (χ1) is 15.5. The number of hydrogen-bond acceptors (Lipinski definition) is 7. The number of para-hydroxylation sites is 1. The van der Waals surface area contributed by atoms with Crippen molar-refractivity contribution in [2.45, 2.75) is 19.3 Å². The number of benzene rings is 2. The molecule has 2 aromatic carbocycles. The molecular formula is C24H21N3O5. The summed E-state index contributed by atoms with van der Waals surface area (Å²) in [5.74, 6) is -0.301. The van der Waals surface area contributed by atoms with Gasteiger partial charge in [0.2, 0.25) is 0 Å². The SMILES string of the molecule is COC(=O)C1(CNC(=O)c2nc(C#N)c3cc(Oc4ccccc4)ccc3c2O)CCC1. The number of aromatic hydroxyl groups is 1. The molecule has 0 radical (unpaired) electrons. The van der Waals surface area contributed by atoms with E-state index in [1.807, 2.05) is 24.3 Å². The van der Waals surface area contributed by atoms with Crippen LogP contribution in [0, 0.1) is 16.7 Å². The van der Waals surface area contributed by atoms with Crippen LogP contribution in [0.25, 0.3) is 10.8 Å². The van der Waals surface area contributed by atoms with Crippen LogP contribution in [0.4, 0.5) is 0 Å². The van der Waals surface area contributed by atoms with Gasteiger partial charge in [-0.2, -0.15) is 5.26 Å². The Hall–Kier alpha value is -4.12. The first-order valence-corrected chi connectivity index (χ1v) is 10.1. The maximum Gasteiger partial charge on any atom is 0.313 e. The zero-order valence-electron chi connectivity index (χ0n) is 17.4. The molecular weight excluding hydrogens is 410 g/mol. The van der Waals surface area contributed by atoms with E-state index in [9.17, 15) is 20.0 Å². The quantitative estimate of drug-likeness (QED) is 0.571. The van der Waals surface area contributed by atoms with Gasteiger partial charge in [0.25, 0.3) is 5.91 Å². The van der Waals surface area contributed by atoms with Gasteiger partial charge in [0, 0.05) is 17.3 Å². The van der Waals surface area contributed by atoms with E-state index in [4.69, 9.17) is 9.47 Å². The molecule has 0 spiro atoms. The topological polar surface area (TPSA) is 122 Å². The molecule has 1 aliphatic carbocycles. The lowest BCUT2D eigenvalue weighted by Gasteiger charge is -2.38. The highest BCUT2D eigenvalue weighted by molar-refractivity contribution is 6.03. The lowest BCUT2D eigenvalue weighted by molar-refractivity contribution is -0.157. The number of nitrogens with zero attached hydrogens (tertiary/aromatic N) is 2. The molecule has 0 unspecified atom stereocenters. The lowest BCUT2D eigenvalue weighted by Crippen LogP contribution is -2.48. The number of hydrogen-bond donors (Lipinski definition) is 2. The number of nitrogens with one attached hydrogen (secondary N) is 1. The predicted octanol–water partition coefficient (Wildman–Crippen LogP) is 3.68. The van der Waals surface area contributed by atoms with Gasteiger partial charge in [0.15, 0.2) is 11.4 Å². The fraction of sp³-hybridized carbons (Fsp3) is 0.250. The Morgan fingerprint density at radius 3 is 2.53 bits per heavy atom. The van der Waals surface area contributed by atoms with E-state index in [1.54, 1.807) is 30.3 Å². The van der Waals surface area contributed by atoms with Crippen molar-refractivity contribution in [3.8, 4) is 23.3 Å². The molecule has 1 aromatic heterocycles. The van der Waals surface area contributed by atoms with Gasteiger partial charge < -0.3 is 19.9 Å². The fourth-order valence-corrected chi connectivity index (χ4v) is 3.82. The summed E-state index contributed by atoms with van der Waals surface area (Å²) in [5, 5.41) is 23.6. The molecule has 1 fully saturated rings. The summed E-state index contributed by atoms with van der Waals surface area (Å²) in [6, 6.07) is 15.9. The van der Waals surface area contributed by atoms with Crippen molar-refractivity contribution in [2.75, 3.05) is 13.7 Å². The highest BCUT2D eigenvalue weighted by Gasteiger charge is 2.45. The molecule has 3 aromatic rings. The average molecular weight is 431 g/mol. The third-order valence-corrected chi connectivity index (χ3v) is 5.77. The minimum atomic E-state index is -0.751. The van der Waals surface area contributed by atoms with Crippen molar-refractivity contribution >= 4 is 22.6 Å². The lowest BCUT2D eigenvalue weighted by atomic mass is 9.68. The van der Waals surface area contributed by atoms with Crippen molar-refractivity contribution in [1.82, 2.24) is 10.3 Å². The molecule has 1 amide bonds. The fourth-order valence-electron chi connectivity index (χ4n) is 3.82. The van der Waals surface area contributed by atoms with E-state index in [0.717, 1.165) is 6.42 Å². The molecule has 32 heavy (non-hydrogen) atoms. The van der Waals surface area contributed by atoms with E-state index in [0.29, 0.717) is 35.1 Å². The smallest absolute Gasteiger partial charge is 0.313 e. The number of esters is 1. The molecule has 162 valence electrons. The number of methoxy groups -OCH3 is 1. The summed E-state index contributed by atoms with van der Waals surface area (Å²) in [6.07, 6.45) is 2.10. The van der Waals surface area contributed by atoms with Crippen molar-refractivity contribution in [2.24, 2.45) is 5.41 Å². The Kier molecular flexibility index (Phi) is 5.65. The zero-order valence-corrected chi connectivity index (χ0v) is 17.4. The van der Waals surface area contributed by atoms with Gasteiger partial charge in [-0.1, -0.05) is 24.6 Å². The Labute approximate surface area is 184 Å². The zero-order chi connectivity index (χ0) is 22.7. The second-order valence-corrected chi connectivity index (χ2v) is 7.70. The molecule has 0 aliphatic heterocycles. The number of rotatable bonds is 6. The minimum absolute atomic E-state index is 0.0206.